The van der Waals surface area contributed by atoms with Gasteiger partial charge < -0.3 is 14.4 Å². The van der Waals surface area contributed by atoms with Crippen molar-refractivity contribution in [1.82, 2.24) is 9.80 Å². The molecule has 0 N–H and O–H groups in total. The summed E-state index contributed by atoms with van der Waals surface area (Å²) in [6, 6.07) is 13.2. The van der Waals surface area contributed by atoms with Crippen molar-refractivity contribution >= 4 is 5.91 Å². The van der Waals surface area contributed by atoms with Gasteiger partial charge in [-0.3, -0.25) is 9.69 Å². The summed E-state index contributed by atoms with van der Waals surface area (Å²) in [5, 5.41) is 0. The molecule has 0 radical (unpaired) electrons. The first kappa shape index (κ1) is 21.5. The van der Waals surface area contributed by atoms with E-state index in [1.165, 1.54) is 16.7 Å². The van der Waals surface area contributed by atoms with E-state index in [4.69, 9.17) is 9.47 Å². The number of carbonyl (C=O) groups is 1. The highest BCUT2D eigenvalue weighted by atomic mass is 16.5. The molecule has 32 heavy (non-hydrogen) atoms. The monoisotopic (exact) mass is 434 g/mol. The van der Waals surface area contributed by atoms with Gasteiger partial charge in [-0.25, -0.2) is 0 Å². The summed E-state index contributed by atoms with van der Waals surface area (Å²) in [7, 11) is 3.50. The second-order valence-electron chi connectivity index (χ2n) is 9.48. The van der Waals surface area contributed by atoms with Crippen molar-refractivity contribution in [2.24, 2.45) is 0 Å². The van der Waals surface area contributed by atoms with E-state index in [1.807, 2.05) is 25.3 Å². The third-order valence-corrected chi connectivity index (χ3v) is 7.61. The molecule has 5 heteroatoms. The summed E-state index contributed by atoms with van der Waals surface area (Å²) in [6.07, 6.45) is 6.66. The van der Waals surface area contributed by atoms with E-state index in [0.717, 1.165) is 81.6 Å². The van der Waals surface area contributed by atoms with Gasteiger partial charge in [-0.1, -0.05) is 18.2 Å². The van der Waals surface area contributed by atoms with E-state index in [2.05, 4.69) is 28.0 Å². The zero-order valence-electron chi connectivity index (χ0n) is 19.3. The van der Waals surface area contributed by atoms with Crippen LogP contribution in [0.2, 0.25) is 0 Å². The number of benzene rings is 2. The van der Waals surface area contributed by atoms with Crippen molar-refractivity contribution in [3.8, 4) is 5.75 Å². The Morgan fingerprint density at radius 2 is 1.75 bits per heavy atom. The average molecular weight is 435 g/mol. The third kappa shape index (κ3) is 4.28. The molecular formula is C27H34N2O3. The molecule has 2 heterocycles. The van der Waals surface area contributed by atoms with E-state index in [-0.39, 0.29) is 5.91 Å². The fraction of sp³-hybridized carbons (Fsp3) is 0.519. The van der Waals surface area contributed by atoms with Crippen molar-refractivity contribution < 1.29 is 14.3 Å². The van der Waals surface area contributed by atoms with Gasteiger partial charge in [-0.05, 0) is 79.0 Å². The van der Waals surface area contributed by atoms with E-state index in [9.17, 15) is 4.79 Å². The van der Waals surface area contributed by atoms with E-state index < -0.39 is 0 Å². The van der Waals surface area contributed by atoms with Gasteiger partial charge in [0.2, 0.25) is 0 Å². The molecular weight excluding hydrogens is 400 g/mol. The molecule has 1 atom stereocenters. The van der Waals surface area contributed by atoms with Crippen LogP contribution in [-0.4, -0.2) is 61.7 Å². The van der Waals surface area contributed by atoms with Gasteiger partial charge in [0.1, 0.15) is 5.75 Å². The van der Waals surface area contributed by atoms with Crippen LogP contribution in [0.5, 0.6) is 5.75 Å². The smallest absolute Gasteiger partial charge is 0.254 e. The van der Waals surface area contributed by atoms with Crippen LogP contribution in [0.25, 0.3) is 0 Å². The molecule has 0 bridgehead atoms. The van der Waals surface area contributed by atoms with E-state index in [0.29, 0.717) is 12.1 Å². The number of methoxy groups -OCH3 is 2. The van der Waals surface area contributed by atoms with Crippen LogP contribution in [0.3, 0.4) is 0 Å². The molecule has 1 fully saturated rings. The van der Waals surface area contributed by atoms with Crippen molar-refractivity contribution in [3.63, 3.8) is 0 Å². The number of piperidine rings is 1. The minimum Gasteiger partial charge on any atom is -0.497 e. The normalized spacial score (nSPS) is 21.9. The number of aryl methyl sites for hydroxylation is 1. The molecule has 0 aromatic heterocycles. The van der Waals surface area contributed by atoms with Crippen molar-refractivity contribution in [2.45, 2.75) is 57.2 Å². The first-order chi connectivity index (χ1) is 15.6. The summed E-state index contributed by atoms with van der Waals surface area (Å²) >= 11 is 0. The highest BCUT2D eigenvalue weighted by molar-refractivity contribution is 5.97. The average Bonchev–Trinajstić information content (AvgIpc) is 2.84. The molecule has 2 aromatic rings. The van der Waals surface area contributed by atoms with Crippen LogP contribution < -0.4 is 4.74 Å². The summed E-state index contributed by atoms with van der Waals surface area (Å²) in [5.41, 5.74) is 6.25. The predicted octanol–water partition coefficient (Wildman–Crippen LogP) is 3.86. The Morgan fingerprint density at radius 1 is 0.906 bits per heavy atom. The lowest BCUT2D eigenvalue weighted by atomic mass is 9.85. The fourth-order valence-corrected chi connectivity index (χ4v) is 5.67. The Bertz CT molecular complexity index is 981. The largest absolute Gasteiger partial charge is 0.497 e. The van der Waals surface area contributed by atoms with Crippen molar-refractivity contribution in [2.75, 3.05) is 33.9 Å². The minimum atomic E-state index is 0.179. The summed E-state index contributed by atoms with van der Waals surface area (Å²) in [6.45, 7) is 4.05. The first-order valence-corrected chi connectivity index (χ1v) is 12.0. The summed E-state index contributed by atoms with van der Waals surface area (Å²) < 4.78 is 10.8. The molecule has 0 saturated carbocycles. The zero-order chi connectivity index (χ0) is 22.1. The number of hydrogen-bond acceptors (Lipinski definition) is 4. The van der Waals surface area contributed by atoms with Crippen LogP contribution in [-0.2, 0) is 30.5 Å². The predicted molar refractivity (Wildman–Crippen MR) is 125 cm³/mol. The molecule has 1 aliphatic carbocycles. The number of hydrogen-bond donors (Lipinski definition) is 0. The van der Waals surface area contributed by atoms with Gasteiger partial charge in [-0.15, -0.1) is 0 Å². The fourth-order valence-electron chi connectivity index (χ4n) is 5.67. The Hall–Kier alpha value is -2.37. The maximum atomic E-state index is 13.2. The van der Waals surface area contributed by atoms with Crippen LogP contribution in [0.15, 0.2) is 36.4 Å². The van der Waals surface area contributed by atoms with Crippen molar-refractivity contribution in [3.05, 3.63) is 64.2 Å². The highest BCUT2D eigenvalue weighted by Crippen LogP contribution is 2.31. The van der Waals surface area contributed by atoms with E-state index in [1.54, 1.807) is 7.11 Å². The van der Waals surface area contributed by atoms with Gasteiger partial charge in [0.05, 0.1) is 13.2 Å². The van der Waals surface area contributed by atoms with Crippen molar-refractivity contribution in [1.29, 1.82) is 0 Å². The Kier molecular flexibility index (Phi) is 6.20. The van der Waals surface area contributed by atoms with Crippen LogP contribution >= 0.6 is 0 Å². The second-order valence-corrected chi connectivity index (χ2v) is 9.48. The number of carbonyl (C=O) groups excluding carboxylic acids is 1. The Balaban J connectivity index is 1.24. The summed E-state index contributed by atoms with van der Waals surface area (Å²) in [5.74, 6) is 1.01. The topological polar surface area (TPSA) is 42.0 Å². The number of nitrogens with zero attached hydrogens (tertiary/aromatic N) is 2. The van der Waals surface area contributed by atoms with Crippen LogP contribution in [0.4, 0.5) is 0 Å². The molecule has 1 amide bonds. The lowest BCUT2D eigenvalue weighted by molar-refractivity contribution is 0.0388. The zero-order valence-corrected chi connectivity index (χ0v) is 19.3. The number of fused-ring (bicyclic) bond motifs is 2. The molecule has 0 spiro atoms. The molecule has 5 nitrogen and oxygen atoms in total. The highest BCUT2D eigenvalue weighted by Gasteiger charge is 2.32. The number of likely N-dealkylation sites (tertiary alicyclic amines) is 1. The van der Waals surface area contributed by atoms with E-state index >= 15 is 0 Å². The second kappa shape index (κ2) is 9.24. The molecule has 2 aliphatic heterocycles. The van der Waals surface area contributed by atoms with Crippen LogP contribution in [0, 0.1) is 0 Å². The Labute approximate surface area is 191 Å². The van der Waals surface area contributed by atoms with Gasteiger partial charge in [0, 0.05) is 44.9 Å². The molecule has 3 aliphatic rings. The number of amides is 1. The lowest BCUT2D eigenvalue weighted by Crippen LogP contribution is -2.47. The number of ether oxygens (including phenoxy) is 2. The van der Waals surface area contributed by atoms with Gasteiger partial charge in [-0.2, -0.15) is 0 Å². The molecule has 2 aromatic carbocycles. The van der Waals surface area contributed by atoms with Gasteiger partial charge >= 0.3 is 0 Å². The Morgan fingerprint density at radius 3 is 2.53 bits per heavy atom. The van der Waals surface area contributed by atoms with Gasteiger partial charge in [0.25, 0.3) is 5.91 Å². The third-order valence-electron chi connectivity index (χ3n) is 7.61. The first-order valence-electron chi connectivity index (χ1n) is 12.0. The SMILES string of the molecule is COc1ccc2c(c1)CCN(C1CCc3cc(CN4CCC(OC)CC4)ccc3C1)C2=O. The maximum Gasteiger partial charge on any atom is 0.254 e. The molecule has 1 unspecified atom stereocenters. The molecule has 170 valence electrons. The quantitative estimate of drug-likeness (QED) is 0.717. The van der Waals surface area contributed by atoms with Gasteiger partial charge in [0.15, 0.2) is 0 Å². The molecule has 1 saturated heterocycles. The minimum absolute atomic E-state index is 0.179. The van der Waals surface area contributed by atoms with Crippen LogP contribution in [0.1, 0.15) is 51.9 Å². The maximum absolute atomic E-state index is 13.2. The lowest BCUT2D eigenvalue weighted by Gasteiger charge is -2.38. The standard InChI is InChI=1S/C27H34N2O3/c1-31-24-10-12-28(13-11-24)18-19-3-4-21-16-23(6-5-20(21)15-19)29-14-9-22-17-25(32-2)7-8-26(22)27(29)30/h3-4,7-8,15,17,23-24H,5-6,9-14,16,18H2,1-2H3. The summed E-state index contributed by atoms with van der Waals surface area (Å²) in [4.78, 5) is 17.9. The molecule has 5 rings (SSSR count). The number of rotatable bonds is 5.